The summed E-state index contributed by atoms with van der Waals surface area (Å²) in [7, 11) is 1.89. The maximum Gasteiger partial charge on any atom is 0.136 e. The fourth-order valence-corrected chi connectivity index (χ4v) is 2.69. The molecule has 1 aromatic carbocycles. The third-order valence-electron chi connectivity index (χ3n) is 3.42. The first kappa shape index (κ1) is 13.6. The number of ether oxygens (including phenoxy) is 1. The van der Waals surface area contributed by atoms with Crippen LogP contribution in [0.15, 0.2) is 34.9 Å². The van der Waals surface area contributed by atoms with Crippen LogP contribution in [0.1, 0.15) is 11.3 Å². The first-order valence-electron chi connectivity index (χ1n) is 6.39. The Bertz CT molecular complexity index is 605. The summed E-state index contributed by atoms with van der Waals surface area (Å²) in [6, 6.07) is 7.78. The molecule has 0 unspecified atom stereocenters. The normalized spacial score (nSPS) is 16.8. The van der Waals surface area contributed by atoms with Crippen molar-refractivity contribution in [1.82, 2.24) is 9.78 Å². The van der Waals surface area contributed by atoms with Crippen LogP contribution >= 0.6 is 15.9 Å². The lowest BCUT2D eigenvalue weighted by atomic mass is 9.92. The second-order valence-corrected chi connectivity index (χ2v) is 5.91. The van der Waals surface area contributed by atoms with Gasteiger partial charge in [0.25, 0.3) is 0 Å². The minimum absolute atomic E-state index is 0.376. The Balaban J connectivity index is 1.65. The second-order valence-electron chi connectivity index (χ2n) is 5.05. The Morgan fingerprint density at radius 1 is 1.40 bits per heavy atom. The van der Waals surface area contributed by atoms with Crippen molar-refractivity contribution in [2.45, 2.75) is 12.1 Å². The largest absolute Gasteiger partial charge is 0.380 e. The van der Waals surface area contributed by atoms with Crippen molar-refractivity contribution in [3.63, 3.8) is 0 Å². The number of aromatic nitrogens is 2. The number of aliphatic hydroxyl groups is 1. The van der Waals surface area contributed by atoms with Crippen LogP contribution in [0, 0.1) is 0 Å². The van der Waals surface area contributed by atoms with Gasteiger partial charge in [0.2, 0.25) is 0 Å². The predicted octanol–water partition coefficient (Wildman–Crippen LogP) is 2.01. The zero-order valence-electron chi connectivity index (χ0n) is 11.1. The molecule has 0 amide bonds. The molecule has 0 saturated carbocycles. The lowest BCUT2D eigenvalue weighted by Crippen LogP contribution is -2.46. The molecule has 2 aromatic rings. The molecule has 106 valence electrons. The quantitative estimate of drug-likeness (QED) is 0.895. The summed E-state index contributed by atoms with van der Waals surface area (Å²) in [4.78, 5) is 0. The molecular formula is C14H16BrN3O2. The Labute approximate surface area is 125 Å². The fourth-order valence-electron chi connectivity index (χ4n) is 2.17. The molecule has 1 aromatic heterocycles. The Morgan fingerprint density at radius 2 is 2.10 bits per heavy atom. The number of nitrogens with zero attached hydrogens (tertiary/aromatic N) is 2. The van der Waals surface area contributed by atoms with Crippen LogP contribution < -0.4 is 5.32 Å². The molecular weight excluding hydrogens is 322 g/mol. The number of rotatable bonds is 4. The van der Waals surface area contributed by atoms with Gasteiger partial charge in [0.15, 0.2) is 0 Å². The monoisotopic (exact) mass is 337 g/mol. The van der Waals surface area contributed by atoms with Crippen molar-refractivity contribution >= 4 is 21.6 Å². The van der Waals surface area contributed by atoms with Gasteiger partial charge in [0, 0.05) is 18.9 Å². The molecule has 5 nitrogen and oxygen atoms in total. The number of aryl methyl sites for hydroxylation is 1. The van der Waals surface area contributed by atoms with Gasteiger partial charge in [-0.2, -0.15) is 5.10 Å². The van der Waals surface area contributed by atoms with Crippen LogP contribution in [0.4, 0.5) is 5.69 Å². The highest BCUT2D eigenvalue weighted by Gasteiger charge is 2.37. The fraction of sp³-hybridized carbons (Fsp3) is 0.357. The van der Waals surface area contributed by atoms with E-state index in [4.69, 9.17) is 4.74 Å². The zero-order valence-corrected chi connectivity index (χ0v) is 12.7. The van der Waals surface area contributed by atoms with Gasteiger partial charge >= 0.3 is 0 Å². The lowest BCUT2D eigenvalue weighted by Gasteiger charge is -2.36. The van der Waals surface area contributed by atoms with Crippen LogP contribution in [0.3, 0.4) is 0 Å². The molecule has 20 heavy (non-hydrogen) atoms. The summed E-state index contributed by atoms with van der Waals surface area (Å²) in [5.41, 5.74) is 2.05. The SMILES string of the molecule is Cn1cc(Br)c(CNc2ccc(C3(O)COC3)cc2)n1. The summed E-state index contributed by atoms with van der Waals surface area (Å²) >= 11 is 3.48. The van der Waals surface area contributed by atoms with Crippen LogP contribution in [0.2, 0.25) is 0 Å². The second kappa shape index (κ2) is 5.20. The Morgan fingerprint density at radius 3 is 2.60 bits per heavy atom. The van der Waals surface area contributed by atoms with Crippen molar-refractivity contribution in [1.29, 1.82) is 0 Å². The predicted molar refractivity (Wildman–Crippen MR) is 79.4 cm³/mol. The van der Waals surface area contributed by atoms with Gasteiger partial charge in [-0.1, -0.05) is 12.1 Å². The molecule has 1 fully saturated rings. The van der Waals surface area contributed by atoms with Crippen molar-refractivity contribution in [3.05, 3.63) is 46.2 Å². The molecule has 0 atom stereocenters. The van der Waals surface area contributed by atoms with E-state index in [-0.39, 0.29) is 0 Å². The number of hydrogen-bond donors (Lipinski definition) is 2. The highest BCUT2D eigenvalue weighted by Crippen LogP contribution is 2.30. The highest BCUT2D eigenvalue weighted by atomic mass is 79.9. The summed E-state index contributed by atoms with van der Waals surface area (Å²) in [5, 5.41) is 17.8. The molecule has 1 saturated heterocycles. The van der Waals surface area contributed by atoms with E-state index in [1.165, 1.54) is 0 Å². The summed E-state index contributed by atoms with van der Waals surface area (Å²) in [6.45, 7) is 1.40. The van der Waals surface area contributed by atoms with Gasteiger partial charge in [-0.25, -0.2) is 0 Å². The first-order valence-corrected chi connectivity index (χ1v) is 7.19. The van der Waals surface area contributed by atoms with E-state index in [0.717, 1.165) is 21.4 Å². The number of benzene rings is 1. The molecule has 6 heteroatoms. The van der Waals surface area contributed by atoms with Crippen molar-refractivity contribution in [2.24, 2.45) is 7.05 Å². The third-order valence-corrected chi connectivity index (χ3v) is 4.08. The van der Waals surface area contributed by atoms with Crippen LogP contribution in [-0.2, 0) is 23.9 Å². The molecule has 2 N–H and O–H groups in total. The number of hydrogen-bond acceptors (Lipinski definition) is 4. The number of anilines is 1. The number of nitrogens with one attached hydrogen (secondary N) is 1. The lowest BCUT2D eigenvalue weighted by molar-refractivity contribution is -0.184. The van der Waals surface area contributed by atoms with E-state index in [2.05, 4.69) is 26.3 Å². The molecule has 3 rings (SSSR count). The molecule has 1 aliphatic heterocycles. The van der Waals surface area contributed by atoms with Gasteiger partial charge in [0.1, 0.15) is 5.60 Å². The topological polar surface area (TPSA) is 59.3 Å². The van der Waals surface area contributed by atoms with E-state index in [1.54, 1.807) is 4.68 Å². The van der Waals surface area contributed by atoms with Gasteiger partial charge in [-0.15, -0.1) is 0 Å². The number of halogens is 1. The Kier molecular flexibility index (Phi) is 3.54. The maximum atomic E-state index is 10.2. The summed E-state index contributed by atoms with van der Waals surface area (Å²) < 4.78 is 7.83. The average Bonchev–Trinajstić information content (AvgIpc) is 2.72. The van der Waals surface area contributed by atoms with E-state index in [1.807, 2.05) is 37.5 Å². The molecule has 0 bridgehead atoms. The van der Waals surface area contributed by atoms with E-state index in [9.17, 15) is 5.11 Å². The summed E-state index contributed by atoms with van der Waals surface area (Å²) in [5.74, 6) is 0. The van der Waals surface area contributed by atoms with Crippen LogP contribution in [-0.4, -0.2) is 28.1 Å². The zero-order chi connectivity index (χ0) is 14.2. The van der Waals surface area contributed by atoms with Crippen LogP contribution in [0.25, 0.3) is 0 Å². The molecule has 0 spiro atoms. The third kappa shape index (κ3) is 2.59. The minimum Gasteiger partial charge on any atom is -0.380 e. The van der Waals surface area contributed by atoms with E-state index < -0.39 is 5.60 Å². The van der Waals surface area contributed by atoms with Crippen molar-refractivity contribution in [3.8, 4) is 0 Å². The molecule has 0 radical (unpaired) electrons. The van der Waals surface area contributed by atoms with Crippen molar-refractivity contribution < 1.29 is 9.84 Å². The van der Waals surface area contributed by atoms with Gasteiger partial charge in [-0.05, 0) is 33.6 Å². The van der Waals surface area contributed by atoms with E-state index in [0.29, 0.717) is 19.8 Å². The van der Waals surface area contributed by atoms with Gasteiger partial charge in [-0.3, -0.25) is 4.68 Å². The molecule has 0 aliphatic carbocycles. The average molecular weight is 338 g/mol. The van der Waals surface area contributed by atoms with Gasteiger partial charge < -0.3 is 15.2 Å². The minimum atomic E-state index is -0.803. The highest BCUT2D eigenvalue weighted by molar-refractivity contribution is 9.10. The smallest absolute Gasteiger partial charge is 0.136 e. The Hall–Kier alpha value is -1.37. The summed E-state index contributed by atoms with van der Waals surface area (Å²) in [6.07, 6.45) is 1.92. The van der Waals surface area contributed by atoms with Crippen LogP contribution in [0.5, 0.6) is 0 Å². The maximum absolute atomic E-state index is 10.2. The van der Waals surface area contributed by atoms with Gasteiger partial charge in [0.05, 0.1) is 29.9 Å². The van der Waals surface area contributed by atoms with Crippen molar-refractivity contribution in [2.75, 3.05) is 18.5 Å². The van der Waals surface area contributed by atoms with E-state index >= 15 is 0 Å². The molecule has 1 aliphatic rings. The molecule has 2 heterocycles. The standard InChI is InChI=1S/C14H16BrN3O2/c1-18-7-12(15)13(17-18)6-16-11-4-2-10(3-5-11)14(19)8-20-9-14/h2-5,7,16,19H,6,8-9H2,1H3. The first-order chi connectivity index (χ1) is 9.57.